The van der Waals surface area contributed by atoms with Gasteiger partial charge in [-0.2, -0.15) is 0 Å². The maximum Gasteiger partial charge on any atom is 0.0210 e. The second-order valence-electron chi connectivity index (χ2n) is 8.61. The zero-order valence-corrected chi connectivity index (χ0v) is 17.6. The third-order valence-corrected chi connectivity index (χ3v) is 8.07. The summed E-state index contributed by atoms with van der Waals surface area (Å²) in [6.45, 7) is 9.46. The fourth-order valence-electron chi connectivity index (χ4n) is 6.42. The molecule has 0 unspecified atom stereocenters. The molecule has 0 heteroatoms. The third kappa shape index (κ3) is 1.91. The molecule has 3 aromatic carbocycles. The van der Waals surface area contributed by atoms with Crippen LogP contribution in [-0.4, -0.2) is 0 Å². The van der Waals surface area contributed by atoms with E-state index in [4.69, 9.17) is 0 Å². The first-order valence-corrected chi connectivity index (χ1v) is 11.1. The molecule has 3 aromatic rings. The Morgan fingerprint density at radius 1 is 0.464 bits per heavy atom. The molecular formula is C28H30. The molecular weight excluding hydrogens is 336 g/mol. The zero-order valence-electron chi connectivity index (χ0n) is 17.6. The molecule has 0 spiro atoms. The van der Waals surface area contributed by atoms with Crippen LogP contribution in [0.25, 0.3) is 22.3 Å². The smallest absolute Gasteiger partial charge is 0.0210 e. The number of benzene rings is 3. The lowest BCUT2D eigenvalue weighted by Crippen LogP contribution is -2.26. The standard InChI is InChI=1S/C28H30/c1-5-27(6-2)23-15-11-9-13-19(23)21-17-22-20-14-10-12-16-24(20)28(7-3,8-4)26(22)18-25(21)27/h9-18H,5-8H2,1-4H3. The Hall–Kier alpha value is -2.34. The summed E-state index contributed by atoms with van der Waals surface area (Å²) in [6, 6.07) is 23.4. The molecule has 0 aromatic heterocycles. The first kappa shape index (κ1) is 17.7. The Bertz CT molecular complexity index is 978. The molecule has 28 heavy (non-hydrogen) atoms. The highest BCUT2D eigenvalue weighted by Crippen LogP contribution is 2.59. The Labute approximate surface area is 169 Å². The minimum Gasteiger partial charge on any atom is -0.0642 e. The van der Waals surface area contributed by atoms with Crippen molar-refractivity contribution >= 4 is 0 Å². The molecule has 0 N–H and O–H groups in total. The minimum atomic E-state index is 0.156. The van der Waals surface area contributed by atoms with Gasteiger partial charge in [0, 0.05) is 10.8 Å². The van der Waals surface area contributed by atoms with Crippen molar-refractivity contribution in [3.05, 3.63) is 82.9 Å². The quantitative estimate of drug-likeness (QED) is 0.441. The van der Waals surface area contributed by atoms with Crippen molar-refractivity contribution in [2.45, 2.75) is 64.2 Å². The van der Waals surface area contributed by atoms with Gasteiger partial charge in [-0.05, 0) is 76.3 Å². The van der Waals surface area contributed by atoms with Crippen molar-refractivity contribution in [3.63, 3.8) is 0 Å². The summed E-state index contributed by atoms with van der Waals surface area (Å²) in [5.74, 6) is 0. The van der Waals surface area contributed by atoms with E-state index in [1.165, 1.54) is 33.4 Å². The Morgan fingerprint density at radius 3 is 1.25 bits per heavy atom. The van der Waals surface area contributed by atoms with E-state index in [0.717, 1.165) is 25.7 Å². The summed E-state index contributed by atoms with van der Waals surface area (Å²) in [5.41, 5.74) is 12.3. The highest BCUT2D eigenvalue weighted by atomic mass is 14.5. The van der Waals surface area contributed by atoms with Gasteiger partial charge in [0.25, 0.3) is 0 Å². The highest BCUT2D eigenvalue weighted by Gasteiger charge is 2.45. The van der Waals surface area contributed by atoms with E-state index >= 15 is 0 Å². The van der Waals surface area contributed by atoms with Crippen molar-refractivity contribution in [1.29, 1.82) is 0 Å². The molecule has 0 saturated carbocycles. The van der Waals surface area contributed by atoms with Crippen LogP contribution < -0.4 is 0 Å². The van der Waals surface area contributed by atoms with Crippen LogP contribution in [0, 0.1) is 0 Å². The number of fused-ring (bicyclic) bond motifs is 6. The third-order valence-electron chi connectivity index (χ3n) is 8.07. The van der Waals surface area contributed by atoms with Crippen LogP contribution in [0.3, 0.4) is 0 Å². The van der Waals surface area contributed by atoms with Gasteiger partial charge in [0.1, 0.15) is 0 Å². The lowest BCUT2D eigenvalue weighted by molar-refractivity contribution is 0.476. The summed E-state index contributed by atoms with van der Waals surface area (Å²) < 4.78 is 0. The summed E-state index contributed by atoms with van der Waals surface area (Å²) in [6.07, 6.45) is 4.63. The lowest BCUT2D eigenvalue weighted by Gasteiger charge is -2.33. The van der Waals surface area contributed by atoms with Gasteiger partial charge in [0.05, 0.1) is 0 Å². The number of hydrogen-bond acceptors (Lipinski definition) is 0. The Kier molecular flexibility index (Phi) is 3.85. The summed E-state index contributed by atoms with van der Waals surface area (Å²) >= 11 is 0. The highest BCUT2D eigenvalue weighted by molar-refractivity contribution is 5.90. The molecule has 5 rings (SSSR count). The zero-order chi connectivity index (χ0) is 19.5. The summed E-state index contributed by atoms with van der Waals surface area (Å²) in [4.78, 5) is 0. The molecule has 0 saturated heterocycles. The van der Waals surface area contributed by atoms with E-state index in [1.807, 2.05) is 0 Å². The van der Waals surface area contributed by atoms with Crippen molar-refractivity contribution in [2.24, 2.45) is 0 Å². The predicted molar refractivity (Wildman–Crippen MR) is 120 cm³/mol. The van der Waals surface area contributed by atoms with Gasteiger partial charge in [-0.1, -0.05) is 82.3 Å². The molecule has 0 radical (unpaired) electrons. The SMILES string of the molecule is CCC1(CC)c2ccccc2-c2cc3c(cc21)C(CC)(CC)c1ccccc1-3. The molecule has 0 aliphatic heterocycles. The molecule has 2 aliphatic rings. The second kappa shape index (κ2) is 6.08. The van der Waals surface area contributed by atoms with Crippen molar-refractivity contribution in [2.75, 3.05) is 0 Å². The molecule has 0 heterocycles. The number of hydrogen-bond donors (Lipinski definition) is 0. The van der Waals surface area contributed by atoms with Crippen LogP contribution in [0.2, 0.25) is 0 Å². The first-order chi connectivity index (χ1) is 13.7. The van der Waals surface area contributed by atoms with Crippen molar-refractivity contribution < 1.29 is 0 Å². The van der Waals surface area contributed by atoms with Gasteiger partial charge >= 0.3 is 0 Å². The average molecular weight is 367 g/mol. The van der Waals surface area contributed by atoms with E-state index in [2.05, 4.69) is 88.4 Å². The Morgan fingerprint density at radius 2 is 0.857 bits per heavy atom. The summed E-state index contributed by atoms with van der Waals surface area (Å²) in [5, 5.41) is 0. The monoisotopic (exact) mass is 366 g/mol. The van der Waals surface area contributed by atoms with E-state index < -0.39 is 0 Å². The van der Waals surface area contributed by atoms with Gasteiger partial charge < -0.3 is 0 Å². The topological polar surface area (TPSA) is 0 Å². The largest absolute Gasteiger partial charge is 0.0642 e. The van der Waals surface area contributed by atoms with Gasteiger partial charge in [-0.3, -0.25) is 0 Å². The maximum absolute atomic E-state index is 2.62. The molecule has 2 aliphatic carbocycles. The molecule has 0 nitrogen and oxygen atoms in total. The van der Waals surface area contributed by atoms with E-state index in [-0.39, 0.29) is 10.8 Å². The fraction of sp³-hybridized carbons (Fsp3) is 0.357. The van der Waals surface area contributed by atoms with Gasteiger partial charge in [0.15, 0.2) is 0 Å². The van der Waals surface area contributed by atoms with Crippen LogP contribution >= 0.6 is 0 Å². The molecule has 0 atom stereocenters. The molecule has 0 bridgehead atoms. The maximum atomic E-state index is 2.62. The van der Waals surface area contributed by atoms with Crippen LogP contribution in [0.15, 0.2) is 60.7 Å². The summed E-state index contributed by atoms with van der Waals surface area (Å²) in [7, 11) is 0. The van der Waals surface area contributed by atoms with Crippen LogP contribution in [0.4, 0.5) is 0 Å². The van der Waals surface area contributed by atoms with Crippen LogP contribution in [0.5, 0.6) is 0 Å². The van der Waals surface area contributed by atoms with E-state index in [1.54, 1.807) is 11.1 Å². The Balaban J connectivity index is 1.89. The lowest BCUT2D eigenvalue weighted by atomic mass is 9.70. The van der Waals surface area contributed by atoms with Crippen molar-refractivity contribution in [3.8, 4) is 22.3 Å². The normalized spacial score (nSPS) is 17.0. The van der Waals surface area contributed by atoms with Crippen LogP contribution in [-0.2, 0) is 10.8 Å². The average Bonchev–Trinajstić information content (AvgIpc) is 3.20. The van der Waals surface area contributed by atoms with Crippen molar-refractivity contribution in [1.82, 2.24) is 0 Å². The predicted octanol–water partition coefficient (Wildman–Crippen LogP) is 7.86. The second-order valence-corrected chi connectivity index (χ2v) is 8.61. The van der Waals surface area contributed by atoms with Gasteiger partial charge in [-0.25, -0.2) is 0 Å². The van der Waals surface area contributed by atoms with E-state index in [9.17, 15) is 0 Å². The van der Waals surface area contributed by atoms with Gasteiger partial charge in [0.2, 0.25) is 0 Å². The molecule has 0 fully saturated rings. The van der Waals surface area contributed by atoms with E-state index in [0.29, 0.717) is 0 Å². The fourth-order valence-corrected chi connectivity index (χ4v) is 6.42. The number of rotatable bonds is 4. The minimum absolute atomic E-state index is 0.156. The molecule has 142 valence electrons. The van der Waals surface area contributed by atoms with Gasteiger partial charge in [-0.15, -0.1) is 0 Å². The first-order valence-electron chi connectivity index (χ1n) is 11.1. The molecule has 0 amide bonds. The van der Waals surface area contributed by atoms with Crippen LogP contribution in [0.1, 0.15) is 75.6 Å².